The van der Waals surface area contributed by atoms with E-state index < -0.39 is 6.03 Å². The molecule has 2 aliphatic heterocycles. The van der Waals surface area contributed by atoms with Crippen molar-refractivity contribution in [2.75, 3.05) is 0 Å². The van der Waals surface area contributed by atoms with Crippen molar-refractivity contribution >= 4 is 6.03 Å². The molecule has 3 atom stereocenters. The van der Waals surface area contributed by atoms with Crippen molar-refractivity contribution in [3.8, 4) is 5.75 Å². The van der Waals surface area contributed by atoms with Gasteiger partial charge in [-0.1, -0.05) is 12.1 Å². The van der Waals surface area contributed by atoms with E-state index in [9.17, 15) is 9.90 Å². The fourth-order valence-electron chi connectivity index (χ4n) is 3.66. The summed E-state index contributed by atoms with van der Waals surface area (Å²) in [6.07, 6.45) is 4.36. The molecule has 0 aliphatic carbocycles. The lowest BCUT2D eigenvalue weighted by atomic mass is 9.96. The number of urea groups is 1. The van der Waals surface area contributed by atoms with Crippen LogP contribution in [0.4, 0.5) is 4.79 Å². The lowest BCUT2D eigenvalue weighted by Crippen LogP contribution is -2.51. The van der Waals surface area contributed by atoms with E-state index in [2.05, 4.69) is 10.2 Å². The summed E-state index contributed by atoms with van der Waals surface area (Å²) in [6.45, 7) is 0.916. The maximum Gasteiger partial charge on any atom is 0.312 e. The van der Waals surface area contributed by atoms with Crippen LogP contribution in [0, 0.1) is 0 Å². The molecule has 108 valence electrons. The first kappa shape index (κ1) is 13.2. The molecule has 1 unspecified atom stereocenters. The number of aromatic hydroxyl groups is 1. The number of carbonyl (C=O) groups excluding carboxylic acids is 1. The van der Waals surface area contributed by atoms with Crippen LogP contribution in [0.3, 0.4) is 0 Å². The third kappa shape index (κ3) is 2.72. The third-order valence-electron chi connectivity index (χ3n) is 4.53. The number of phenols is 1. The van der Waals surface area contributed by atoms with Crippen molar-refractivity contribution in [3.05, 3.63) is 29.8 Å². The molecule has 5 heteroatoms. The summed E-state index contributed by atoms with van der Waals surface area (Å²) in [5.41, 5.74) is 6.44. The second-order valence-electron chi connectivity index (χ2n) is 5.90. The number of amides is 2. The summed E-state index contributed by atoms with van der Waals surface area (Å²) in [5.74, 6) is 0.307. The molecule has 5 nitrogen and oxygen atoms in total. The van der Waals surface area contributed by atoms with Crippen LogP contribution in [0.1, 0.15) is 31.2 Å². The highest BCUT2D eigenvalue weighted by molar-refractivity contribution is 5.72. The first-order valence-corrected chi connectivity index (χ1v) is 7.21. The summed E-state index contributed by atoms with van der Waals surface area (Å²) < 4.78 is 0. The number of nitrogens with two attached hydrogens (primary N) is 1. The van der Waals surface area contributed by atoms with Crippen LogP contribution in [-0.2, 0) is 6.54 Å². The second-order valence-corrected chi connectivity index (χ2v) is 5.90. The zero-order chi connectivity index (χ0) is 14.1. The number of piperidine rings is 1. The molecule has 4 N–H and O–H groups in total. The minimum atomic E-state index is -0.415. The fraction of sp³-hybridized carbons (Fsp3) is 0.533. The topological polar surface area (TPSA) is 78.6 Å². The molecule has 0 spiro atoms. The Morgan fingerprint density at radius 3 is 2.40 bits per heavy atom. The Morgan fingerprint density at radius 2 is 1.85 bits per heavy atom. The largest absolute Gasteiger partial charge is 0.508 e. The van der Waals surface area contributed by atoms with Crippen LogP contribution in [0.25, 0.3) is 0 Å². The summed E-state index contributed by atoms with van der Waals surface area (Å²) >= 11 is 0. The van der Waals surface area contributed by atoms with E-state index in [4.69, 9.17) is 5.73 Å². The third-order valence-corrected chi connectivity index (χ3v) is 4.53. The SMILES string of the molecule is NC(=O)NC1C[C@H]2CC[C@@H](C1)N2Cc1ccc(O)cc1. The molecular formula is C15H21N3O2. The van der Waals surface area contributed by atoms with Gasteiger partial charge in [0.15, 0.2) is 0 Å². The van der Waals surface area contributed by atoms with Crippen molar-refractivity contribution in [2.45, 2.75) is 50.4 Å². The van der Waals surface area contributed by atoms with Crippen molar-refractivity contribution in [1.82, 2.24) is 10.2 Å². The molecule has 0 saturated carbocycles. The van der Waals surface area contributed by atoms with Crippen LogP contribution >= 0.6 is 0 Å². The lowest BCUT2D eigenvalue weighted by molar-refractivity contribution is 0.112. The second kappa shape index (κ2) is 5.32. The molecule has 2 saturated heterocycles. The smallest absolute Gasteiger partial charge is 0.312 e. The number of phenolic OH excluding ortho intramolecular Hbond substituents is 1. The van der Waals surface area contributed by atoms with Gasteiger partial charge in [-0.25, -0.2) is 4.79 Å². The molecule has 2 fully saturated rings. The first-order chi connectivity index (χ1) is 9.61. The predicted molar refractivity (Wildman–Crippen MR) is 76.2 cm³/mol. The lowest BCUT2D eigenvalue weighted by Gasteiger charge is -2.39. The molecule has 3 rings (SSSR count). The monoisotopic (exact) mass is 275 g/mol. The fourth-order valence-corrected chi connectivity index (χ4v) is 3.66. The number of benzene rings is 1. The number of rotatable bonds is 3. The Bertz CT molecular complexity index is 474. The zero-order valence-electron chi connectivity index (χ0n) is 11.5. The maximum atomic E-state index is 11.0. The Hall–Kier alpha value is -1.75. The van der Waals surface area contributed by atoms with Crippen LogP contribution in [0.15, 0.2) is 24.3 Å². The molecule has 2 heterocycles. The van der Waals surface area contributed by atoms with E-state index in [1.54, 1.807) is 12.1 Å². The number of hydrogen-bond donors (Lipinski definition) is 3. The maximum absolute atomic E-state index is 11.0. The van der Waals surface area contributed by atoms with Gasteiger partial charge in [-0.15, -0.1) is 0 Å². The number of nitrogens with one attached hydrogen (secondary N) is 1. The van der Waals surface area contributed by atoms with Crippen LogP contribution in [-0.4, -0.2) is 34.2 Å². The van der Waals surface area contributed by atoms with E-state index in [0.29, 0.717) is 17.8 Å². The van der Waals surface area contributed by atoms with Crippen LogP contribution in [0.5, 0.6) is 5.75 Å². The van der Waals surface area contributed by atoms with Crippen molar-refractivity contribution in [1.29, 1.82) is 0 Å². The van der Waals surface area contributed by atoms with Crippen molar-refractivity contribution in [3.63, 3.8) is 0 Å². The standard InChI is InChI=1S/C15H21N3O2/c16-15(20)17-11-7-12-3-4-13(8-11)18(12)9-10-1-5-14(19)6-2-10/h1-2,5-6,11-13,19H,3-4,7-9H2,(H3,16,17,20)/t11?,12-,13+. The van der Waals surface area contributed by atoms with Gasteiger partial charge in [0.1, 0.15) is 5.75 Å². The average Bonchev–Trinajstić information content (AvgIpc) is 2.63. The summed E-state index contributed by atoms with van der Waals surface area (Å²) in [7, 11) is 0. The number of hydrogen-bond acceptors (Lipinski definition) is 3. The highest BCUT2D eigenvalue weighted by Crippen LogP contribution is 2.36. The van der Waals surface area contributed by atoms with Crippen LogP contribution < -0.4 is 11.1 Å². The Labute approximate surface area is 118 Å². The highest BCUT2D eigenvalue weighted by Gasteiger charge is 2.40. The highest BCUT2D eigenvalue weighted by atomic mass is 16.3. The Kier molecular flexibility index (Phi) is 3.53. The minimum Gasteiger partial charge on any atom is -0.508 e. The molecule has 0 aromatic heterocycles. The number of primary amides is 1. The quantitative estimate of drug-likeness (QED) is 0.783. The molecule has 0 radical (unpaired) electrons. The van der Waals surface area contributed by atoms with Gasteiger partial charge >= 0.3 is 6.03 Å². The molecule has 20 heavy (non-hydrogen) atoms. The Balaban J connectivity index is 1.65. The van der Waals surface area contributed by atoms with Gasteiger partial charge in [-0.3, -0.25) is 4.90 Å². The van der Waals surface area contributed by atoms with Gasteiger partial charge < -0.3 is 16.2 Å². The summed E-state index contributed by atoms with van der Waals surface area (Å²) in [6, 6.07) is 8.28. The molecule has 1 aromatic rings. The minimum absolute atomic E-state index is 0.223. The number of nitrogens with zero attached hydrogens (tertiary/aromatic N) is 1. The molecule has 2 bridgehead atoms. The van der Waals surface area contributed by atoms with Gasteiger partial charge in [-0.2, -0.15) is 0 Å². The molecule has 1 aromatic carbocycles. The number of fused-ring (bicyclic) bond motifs is 2. The number of carbonyl (C=O) groups is 1. The van der Waals surface area contributed by atoms with Crippen molar-refractivity contribution < 1.29 is 9.90 Å². The van der Waals surface area contributed by atoms with Crippen molar-refractivity contribution in [2.24, 2.45) is 5.73 Å². The summed E-state index contributed by atoms with van der Waals surface area (Å²) in [4.78, 5) is 13.5. The van der Waals surface area contributed by atoms with E-state index in [1.807, 2.05) is 12.1 Å². The van der Waals surface area contributed by atoms with Gasteiger partial charge in [0.25, 0.3) is 0 Å². The van der Waals surface area contributed by atoms with Gasteiger partial charge in [0.2, 0.25) is 0 Å². The van der Waals surface area contributed by atoms with E-state index in [0.717, 1.165) is 19.4 Å². The van der Waals surface area contributed by atoms with E-state index >= 15 is 0 Å². The normalized spacial score (nSPS) is 29.3. The first-order valence-electron chi connectivity index (χ1n) is 7.21. The Morgan fingerprint density at radius 1 is 1.25 bits per heavy atom. The summed E-state index contributed by atoms with van der Waals surface area (Å²) in [5, 5.41) is 12.2. The van der Waals surface area contributed by atoms with Gasteiger partial charge in [0, 0.05) is 24.7 Å². The zero-order valence-corrected chi connectivity index (χ0v) is 11.5. The predicted octanol–water partition coefficient (Wildman–Crippen LogP) is 1.56. The van der Waals surface area contributed by atoms with Gasteiger partial charge in [-0.05, 0) is 43.4 Å². The van der Waals surface area contributed by atoms with E-state index in [1.165, 1.54) is 18.4 Å². The van der Waals surface area contributed by atoms with Gasteiger partial charge in [0.05, 0.1) is 0 Å². The molecular weight excluding hydrogens is 254 g/mol. The van der Waals surface area contributed by atoms with Crippen LogP contribution in [0.2, 0.25) is 0 Å². The average molecular weight is 275 g/mol. The van der Waals surface area contributed by atoms with E-state index in [-0.39, 0.29) is 6.04 Å². The molecule has 2 amide bonds. The molecule has 2 aliphatic rings.